The Morgan fingerprint density at radius 1 is 1.43 bits per heavy atom. The average Bonchev–Trinajstić information content (AvgIpc) is 2.92. The third-order valence-corrected chi connectivity index (χ3v) is 6.18. The van der Waals surface area contributed by atoms with Gasteiger partial charge in [0.25, 0.3) is 0 Å². The van der Waals surface area contributed by atoms with E-state index in [1.54, 1.807) is 6.92 Å². The Balaban J connectivity index is 2.03. The fourth-order valence-corrected chi connectivity index (χ4v) is 3.69. The lowest BCUT2D eigenvalue weighted by molar-refractivity contribution is 0.327. The SMILES string of the molecule is CC(C(Cc1ccn(C2CCCCC2)n1)NN)S(C)(=O)=O. The van der Waals surface area contributed by atoms with E-state index in [-0.39, 0.29) is 6.04 Å². The van der Waals surface area contributed by atoms with Gasteiger partial charge in [0.2, 0.25) is 0 Å². The third-order valence-electron chi connectivity index (χ3n) is 4.50. The zero-order chi connectivity index (χ0) is 15.5. The van der Waals surface area contributed by atoms with Crippen molar-refractivity contribution in [1.29, 1.82) is 0 Å². The molecule has 3 N–H and O–H groups in total. The fourth-order valence-electron chi connectivity index (χ4n) is 2.92. The third kappa shape index (κ3) is 4.28. The van der Waals surface area contributed by atoms with Crippen LogP contribution in [0.3, 0.4) is 0 Å². The van der Waals surface area contributed by atoms with E-state index < -0.39 is 15.1 Å². The number of aromatic nitrogens is 2. The van der Waals surface area contributed by atoms with Crippen molar-refractivity contribution in [3.05, 3.63) is 18.0 Å². The highest BCUT2D eigenvalue weighted by molar-refractivity contribution is 7.91. The van der Waals surface area contributed by atoms with Crippen LogP contribution in [0.4, 0.5) is 0 Å². The Kier molecular flexibility index (Phi) is 5.40. The first-order valence-electron chi connectivity index (χ1n) is 7.61. The maximum atomic E-state index is 11.7. The summed E-state index contributed by atoms with van der Waals surface area (Å²) in [4.78, 5) is 0. The Morgan fingerprint density at radius 2 is 2.10 bits per heavy atom. The summed E-state index contributed by atoms with van der Waals surface area (Å²) in [7, 11) is -3.12. The summed E-state index contributed by atoms with van der Waals surface area (Å²) in [5.41, 5.74) is 3.51. The van der Waals surface area contributed by atoms with Gasteiger partial charge < -0.3 is 0 Å². The summed E-state index contributed by atoms with van der Waals surface area (Å²) >= 11 is 0. The summed E-state index contributed by atoms with van der Waals surface area (Å²) in [6, 6.07) is 2.13. The van der Waals surface area contributed by atoms with Crippen LogP contribution in [-0.4, -0.2) is 35.7 Å². The van der Waals surface area contributed by atoms with Crippen molar-refractivity contribution in [3.63, 3.8) is 0 Å². The highest BCUT2D eigenvalue weighted by Crippen LogP contribution is 2.27. The molecule has 0 radical (unpaired) electrons. The van der Waals surface area contributed by atoms with E-state index in [4.69, 9.17) is 5.84 Å². The molecule has 1 aromatic rings. The maximum absolute atomic E-state index is 11.7. The number of nitrogens with zero attached hydrogens (tertiary/aromatic N) is 2. The molecule has 0 amide bonds. The summed E-state index contributed by atoms with van der Waals surface area (Å²) in [5.74, 6) is 5.52. The van der Waals surface area contributed by atoms with Crippen LogP contribution in [0.25, 0.3) is 0 Å². The van der Waals surface area contributed by atoms with Gasteiger partial charge in [-0.2, -0.15) is 5.10 Å². The Bertz CT molecular complexity index is 549. The molecule has 0 bridgehead atoms. The number of sulfone groups is 1. The van der Waals surface area contributed by atoms with Gasteiger partial charge in [-0.1, -0.05) is 19.3 Å². The van der Waals surface area contributed by atoms with Crippen molar-refractivity contribution in [3.8, 4) is 0 Å². The molecule has 0 aromatic carbocycles. The molecule has 1 aliphatic rings. The number of hydrogen-bond acceptors (Lipinski definition) is 5. The van der Waals surface area contributed by atoms with Crippen molar-refractivity contribution >= 4 is 9.84 Å². The predicted molar refractivity (Wildman–Crippen MR) is 83.5 cm³/mol. The lowest BCUT2D eigenvalue weighted by Crippen LogP contribution is -2.47. The first-order chi connectivity index (χ1) is 9.91. The van der Waals surface area contributed by atoms with E-state index in [9.17, 15) is 8.42 Å². The molecule has 2 unspecified atom stereocenters. The van der Waals surface area contributed by atoms with Crippen LogP contribution in [-0.2, 0) is 16.3 Å². The van der Waals surface area contributed by atoms with Crippen LogP contribution in [0.2, 0.25) is 0 Å². The lowest BCUT2D eigenvalue weighted by Gasteiger charge is -2.22. The van der Waals surface area contributed by atoms with Gasteiger partial charge in [0.05, 0.1) is 17.0 Å². The molecule has 1 fully saturated rings. The van der Waals surface area contributed by atoms with Gasteiger partial charge in [-0.25, -0.2) is 8.42 Å². The predicted octanol–water partition coefficient (Wildman–Crippen LogP) is 1.20. The number of nitrogens with one attached hydrogen (secondary N) is 1. The van der Waals surface area contributed by atoms with E-state index in [0.29, 0.717) is 12.5 Å². The van der Waals surface area contributed by atoms with Gasteiger partial charge in [-0.15, -0.1) is 0 Å². The van der Waals surface area contributed by atoms with Gasteiger partial charge in [0, 0.05) is 24.9 Å². The van der Waals surface area contributed by atoms with Gasteiger partial charge in [-0.3, -0.25) is 16.0 Å². The van der Waals surface area contributed by atoms with Crippen LogP contribution in [0, 0.1) is 0 Å². The highest BCUT2D eigenvalue weighted by Gasteiger charge is 2.26. The van der Waals surface area contributed by atoms with Gasteiger partial charge in [-0.05, 0) is 25.8 Å². The minimum absolute atomic E-state index is 0.324. The number of rotatable bonds is 6. The van der Waals surface area contributed by atoms with Crippen LogP contribution >= 0.6 is 0 Å². The van der Waals surface area contributed by atoms with Crippen molar-refractivity contribution < 1.29 is 8.42 Å². The molecule has 6 nitrogen and oxygen atoms in total. The van der Waals surface area contributed by atoms with Crippen molar-refractivity contribution in [1.82, 2.24) is 15.2 Å². The van der Waals surface area contributed by atoms with Crippen LogP contribution in [0.5, 0.6) is 0 Å². The molecule has 0 saturated heterocycles. The first-order valence-corrected chi connectivity index (χ1v) is 9.56. The first kappa shape index (κ1) is 16.5. The second kappa shape index (κ2) is 6.89. The topological polar surface area (TPSA) is 90.0 Å². The zero-order valence-electron chi connectivity index (χ0n) is 12.8. The summed E-state index contributed by atoms with van der Waals surface area (Å²) in [5, 5.41) is 4.07. The quantitative estimate of drug-likeness (QED) is 0.608. The van der Waals surface area contributed by atoms with Crippen LogP contribution in [0.1, 0.15) is 50.8 Å². The average molecular weight is 314 g/mol. The summed E-state index contributed by atoms with van der Waals surface area (Å²) in [6.07, 6.45) is 9.96. The van der Waals surface area contributed by atoms with E-state index in [1.165, 1.54) is 38.4 Å². The number of hydrazine groups is 1. The van der Waals surface area contributed by atoms with Gasteiger partial charge >= 0.3 is 0 Å². The molecule has 7 heteroatoms. The molecule has 120 valence electrons. The van der Waals surface area contributed by atoms with Gasteiger partial charge in [0.15, 0.2) is 9.84 Å². The molecule has 1 saturated carbocycles. The molecule has 1 aromatic heterocycles. The second-order valence-electron chi connectivity index (χ2n) is 6.09. The number of hydrogen-bond donors (Lipinski definition) is 2. The van der Waals surface area contributed by atoms with Crippen molar-refractivity contribution in [2.24, 2.45) is 5.84 Å². The molecule has 0 spiro atoms. The Hall–Kier alpha value is -0.920. The summed E-state index contributed by atoms with van der Waals surface area (Å²) < 4.78 is 25.3. The Morgan fingerprint density at radius 3 is 2.67 bits per heavy atom. The monoisotopic (exact) mass is 314 g/mol. The van der Waals surface area contributed by atoms with Crippen molar-refractivity contribution in [2.75, 3.05) is 6.26 Å². The molecule has 2 rings (SSSR count). The minimum atomic E-state index is -3.12. The normalized spacial score (nSPS) is 20.3. The highest BCUT2D eigenvalue weighted by atomic mass is 32.2. The zero-order valence-corrected chi connectivity index (χ0v) is 13.6. The maximum Gasteiger partial charge on any atom is 0.151 e. The van der Waals surface area contributed by atoms with E-state index >= 15 is 0 Å². The van der Waals surface area contributed by atoms with Crippen LogP contribution < -0.4 is 11.3 Å². The lowest BCUT2D eigenvalue weighted by atomic mass is 9.96. The molecule has 1 aliphatic carbocycles. The Labute approximate surface area is 127 Å². The van der Waals surface area contributed by atoms with E-state index in [0.717, 1.165) is 5.69 Å². The van der Waals surface area contributed by atoms with E-state index in [1.807, 2.05) is 16.9 Å². The molecular formula is C14H26N4O2S. The molecule has 21 heavy (non-hydrogen) atoms. The van der Waals surface area contributed by atoms with Gasteiger partial charge in [0.1, 0.15) is 0 Å². The smallest absolute Gasteiger partial charge is 0.151 e. The largest absolute Gasteiger partial charge is 0.271 e. The summed E-state index contributed by atoms with van der Waals surface area (Å²) in [6.45, 7) is 1.68. The van der Waals surface area contributed by atoms with E-state index in [2.05, 4.69) is 10.5 Å². The second-order valence-corrected chi connectivity index (χ2v) is 8.49. The molecule has 0 aliphatic heterocycles. The number of nitrogens with two attached hydrogens (primary N) is 1. The molecule has 2 atom stereocenters. The standard InChI is InChI=1S/C14H26N4O2S/c1-11(21(2,19)20)14(16-15)10-12-8-9-18(17-12)13-6-4-3-5-7-13/h8-9,11,13-14,16H,3-7,10,15H2,1-2H3. The fraction of sp³-hybridized carbons (Fsp3) is 0.786. The van der Waals surface area contributed by atoms with Crippen LogP contribution in [0.15, 0.2) is 12.3 Å². The van der Waals surface area contributed by atoms with Crippen molar-refractivity contribution in [2.45, 2.75) is 62.8 Å². The molecule has 1 heterocycles. The minimum Gasteiger partial charge on any atom is -0.271 e. The molecular weight excluding hydrogens is 288 g/mol.